The molecule has 32 heavy (non-hydrogen) atoms. The molecule has 4 rings (SSSR count). The molecular formula is C25H32N6O. The molecule has 4 heterocycles. The Balaban J connectivity index is 0.000000913. The van der Waals surface area contributed by atoms with Crippen molar-refractivity contribution < 1.29 is 4.79 Å². The van der Waals surface area contributed by atoms with Crippen LogP contribution in [0.3, 0.4) is 0 Å². The van der Waals surface area contributed by atoms with E-state index in [1.54, 1.807) is 0 Å². The SMILES string of the molecule is CC=O.Cc1cncc(Nc2cc(-c3cncc(C)c3)nc([C@@H]3CC[C@H](C)N(C)C3)n2)c1. The molecule has 1 saturated heterocycles. The number of aromatic nitrogens is 4. The van der Waals surface area contributed by atoms with Crippen LogP contribution < -0.4 is 5.32 Å². The Morgan fingerprint density at radius 1 is 1.00 bits per heavy atom. The number of nitrogens with zero attached hydrogens (tertiary/aromatic N) is 5. The van der Waals surface area contributed by atoms with Crippen molar-refractivity contribution in [1.82, 2.24) is 24.8 Å². The number of anilines is 2. The minimum absolute atomic E-state index is 0.324. The van der Waals surface area contributed by atoms with Crippen LogP contribution in [0.1, 0.15) is 49.6 Å². The van der Waals surface area contributed by atoms with Crippen molar-refractivity contribution in [2.24, 2.45) is 0 Å². The van der Waals surface area contributed by atoms with Gasteiger partial charge in [-0.15, -0.1) is 0 Å². The number of carbonyl (C=O) groups excluding carboxylic acids is 1. The second-order valence-electron chi connectivity index (χ2n) is 8.42. The van der Waals surface area contributed by atoms with E-state index in [1.807, 2.05) is 44.7 Å². The second kappa shape index (κ2) is 10.9. The molecule has 0 unspecified atom stereocenters. The molecule has 0 aliphatic carbocycles. The number of aryl methyl sites for hydroxylation is 2. The summed E-state index contributed by atoms with van der Waals surface area (Å²) in [6.45, 7) is 8.78. The lowest BCUT2D eigenvalue weighted by Crippen LogP contribution is -2.38. The van der Waals surface area contributed by atoms with Crippen molar-refractivity contribution in [3.63, 3.8) is 0 Å². The summed E-state index contributed by atoms with van der Waals surface area (Å²) in [5.41, 5.74) is 5.06. The topological polar surface area (TPSA) is 83.9 Å². The summed E-state index contributed by atoms with van der Waals surface area (Å²) in [6, 6.07) is 6.79. The van der Waals surface area contributed by atoms with Gasteiger partial charge in [0.15, 0.2) is 0 Å². The molecular weight excluding hydrogens is 400 g/mol. The van der Waals surface area contributed by atoms with Gasteiger partial charge in [-0.1, -0.05) is 0 Å². The average Bonchev–Trinajstić information content (AvgIpc) is 2.76. The van der Waals surface area contributed by atoms with Crippen molar-refractivity contribution in [1.29, 1.82) is 0 Å². The fraction of sp³-hybridized carbons (Fsp3) is 0.400. The van der Waals surface area contributed by atoms with E-state index in [1.165, 1.54) is 6.92 Å². The Kier molecular flexibility index (Phi) is 8.00. The van der Waals surface area contributed by atoms with Crippen LogP contribution in [-0.4, -0.2) is 50.8 Å². The first-order chi connectivity index (χ1) is 15.4. The first kappa shape index (κ1) is 23.5. The summed E-state index contributed by atoms with van der Waals surface area (Å²) < 4.78 is 0. The van der Waals surface area contributed by atoms with E-state index >= 15 is 0 Å². The Hall–Kier alpha value is -3.19. The fourth-order valence-corrected chi connectivity index (χ4v) is 3.82. The molecule has 1 fully saturated rings. The third-order valence-corrected chi connectivity index (χ3v) is 5.62. The van der Waals surface area contributed by atoms with Crippen molar-refractivity contribution in [2.45, 2.75) is 52.5 Å². The zero-order valence-electron chi connectivity index (χ0n) is 19.5. The lowest BCUT2D eigenvalue weighted by molar-refractivity contribution is -0.106. The van der Waals surface area contributed by atoms with Gasteiger partial charge in [-0.05, 0) is 70.8 Å². The molecule has 3 aromatic heterocycles. The number of carbonyl (C=O) groups is 1. The molecule has 7 nitrogen and oxygen atoms in total. The van der Waals surface area contributed by atoms with Gasteiger partial charge >= 0.3 is 0 Å². The van der Waals surface area contributed by atoms with E-state index in [0.29, 0.717) is 12.0 Å². The Labute approximate surface area is 190 Å². The van der Waals surface area contributed by atoms with Gasteiger partial charge < -0.3 is 15.0 Å². The number of piperidine rings is 1. The number of aldehydes is 1. The zero-order chi connectivity index (χ0) is 23.1. The van der Waals surface area contributed by atoms with Crippen LogP contribution in [0.4, 0.5) is 11.5 Å². The van der Waals surface area contributed by atoms with Gasteiger partial charge in [0.1, 0.15) is 17.9 Å². The van der Waals surface area contributed by atoms with Crippen molar-refractivity contribution in [3.05, 3.63) is 59.9 Å². The average molecular weight is 433 g/mol. The number of likely N-dealkylation sites (N-methyl/N-ethyl adjacent to an activating group) is 1. The van der Waals surface area contributed by atoms with E-state index in [2.05, 4.69) is 46.3 Å². The third kappa shape index (κ3) is 6.17. The zero-order valence-corrected chi connectivity index (χ0v) is 19.5. The lowest BCUT2D eigenvalue weighted by atomic mass is 9.93. The highest BCUT2D eigenvalue weighted by Gasteiger charge is 2.26. The molecule has 0 amide bonds. The number of pyridine rings is 2. The highest BCUT2D eigenvalue weighted by molar-refractivity contribution is 5.65. The monoisotopic (exact) mass is 432 g/mol. The first-order valence-corrected chi connectivity index (χ1v) is 11.0. The molecule has 1 N–H and O–H groups in total. The smallest absolute Gasteiger partial charge is 0.135 e. The molecule has 1 aliphatic rings. The summed E-state index contributed by atoms with van der Waals surface area (Å²) >= 11 is 0. The molecule has 0 saturated carbocycles. The molecule has 0 spiro atoms. The molecule has 168 valence electrons. The summed E-state index contributed by atoms with van der Waals surface area (Å²) in [5.74, 6) is 2.01. The van der Waals surface area contributed by atoms with Gasteiger partial charge in [0, 0.05) is 48.7 Å². The van der Waals surface area contributed by atoms with Crippen LogP contribution in [0.25, 0.3) is 11.3 Å². The summed E-state index contributed by atoms with van der Waals surface area (Å²) in [6.07, 6.45) is 10.4. The molecule has 1 aliphatic heterocycles. The van der Waals surface area contributed by atoms with E-state index in [-0.39, 0.29) is 0 Å². The van der Waals surface area contributed by atoms with Crippen LogP contribution in [-0.2, 0) is 4.79 Å². The maximum Gasteiger partial charge on any atom is 0.135 e. The molecule has 7 heteroatoms. The van der Waals surface area contributed by atoms with Gasteiger partial charge in [0.25, 0.3) is 0 Å². The molecule has 0 radical (unpaired) electrons. The van der Waals surface area contributed by atoms with E-state index in [4.69, 9.17) is 14.8 Å². The Morgan fingerprint density at radius 3 is 2.34 bits per heavy atom. The largest absolute Gasteiger partial charge is 0.339 e. The molecule has 0 bridgehead atoms. The van der Waals surface area contributed by atoms with Crippen molar-refractivity contribution in [3.8, 4) is 11.3 Å². The highest BCUT2D eigenvalue weighted by atomic mass is 16.1. The maximum atomic E-state index is 8.81. The summed E-state index contributed by atoms with van der Waals surface area (Å²) in [4.78, 5) is 29.7. The number of hydrogen-bond acceptors (Lipinski definition) is 7. The number of hydrogen-bond donors (Lipinski definition) is 1. The second-order valence-corrected chi connectivity index (χ2v) is 8.42. The predicted molar refractivity (Wildman–Crippen MR) is 128 cm³/mol. The number of likely N-dealkylation sites (tertiary alicyclic amines) is 1. The molecule has 0 aromatic carbocycles. The van der Waals surface area contributed by atoms with Crippen LogP contribution >= 0.6 is 0 Å². The molecule has 3 aromatic rings. The maximum absolute atomic E-state index is 8.81. The van der Waals surface area contributed by atoms with E-state index < -0.39 is 0 Å². The summed E-state index contributed by atoms with van der Waals surface area (Å²) in [5, 5.41) is 3.42. The van der Waals surface area contributed by atoms with Gasteiger partial charge in [0.2, 0.25) is 0 Å². The van der Waals surface area contributed by atoms with E-state index in [9.17, 15) is 0 Å². The van der Waals surface area contributed by atoms with Crippen LogP contribution in [0.2, 0.25) is 0 Å². The lowest BCUT2D eigenvalue weighted by Gasteiger charge is -2.34. The first-order valence-electron chi connectivity index (χ1n) is 11.0. The standard InChI is InChI=1S/C23H28N6.C2H4O/c1-15-7-19(12-24-10-15)21-9-22(26-20-8-16(2)11-25-13-20)28-23(27-21)18-6-5-17(3)29(4)14-18;1-2-3/h7-13,17-18H,5-6,14H2,1-4H3,(H,26,27,28);2H,1H3/t17-,18+;/m0./s1. The van der Waals surface area contributed by atoms with Crippen molar-refractivity contribution >= 4 is 17.8 Å². The minimum Gasteiger partial charge on any atom is -0.339 e. The fourth-order valence-electron chi connectivity index (χ4n) is 3.82. The quantitative estimate of drug-likeness (QED) is 0.598. The van der Waals surface area contributed by atoms with Gasteiger partial charge in [0.05, 0.1) is 17.6 Å². The van der Waals surface area contributed by atoms with Crippen LogP contribution in [0.15, 0.2) is 43.0 Å². The molecule has 2 atom stereocenters. The van der Waals surface area contributed by atoms with Gasteiger partial charge in [-0.25, -0.2) is 9.97 Å². The Bertz CT molecular complexity index is 1050. The highest BCUT2D eigenvalue weighted by Crippen LogP contribution is 2.30. The van der Waals surface area contributed by atoms with Crippen molar-refractivity contribution in [2.75, 3.05) is 18.9 Å². The summed E-state index contributed by atoms with van der Waals surface area (Å²) in [7, 11) is 2.18. The normalized spacial score (nSPS) is 18.4. The van der Waals surface area contributed by atoms with Crippen LogP contribution in [0, 0.1) is 13.8 Å². The van der Waals surface area contributed by atoms with Gasteiger partial charge in [-0.3, -0.25) is 9.97 Å². The minimum atomic E-state index is 0.324. The Morgan fingerprint density at radius 2 is 1.69 bits per heavy atom. The van der Waals surface area contributed by atoms with Gasteiger partial charge in [-0.2, -0.15) is 0 Å². The number of rotatable bonds is 4. The third-order valence-electron chi connectivity index (χ3n) is 5.62. The van der Waals surface area contributed by atoms with Crippen LogP contribution in [0.5, 0.6) is 0 Å². The van der Waals surface area contributed by atoms with E-state index in [0.717, 1.165) is 65.4 Å². The predicted octanol–water partition coefficient (Wildman–Crippen LogP) is 4.70. The number of nitrogens with one attached hydrogen (secondary N) is 1.